The van der Waals surface area contributed by atoms with Crippen molar-refractivity contribution >= 4 is 35.0 Å². The van der Waals surface area contributed by atoms with Gasteiger partial charge in [-0.2, -0.15) is 5.26 Å². The van der Waals surface area contributed by atoms with E-state index in [4.69, 9.17) is 33.2 Å². The Labute approximate surface area is 214 Å². The van der Waals surface area contributed by atoms with E-state index in [0.717, 1.165) is 18.4 Å². The molecule has 3 aliphatic rings. The Morgan fingerprint density at radius 3 is 2.37 bits per heavy atom. The number of ether oxygens (including phenoxy) is 1. The maximum absolute atomic E-state index is 13.3. The fourth-order valence-electron chi connectivity index (χ4n) is 5.04. The normalized spacial score (nSPS) is 22.9. The molecular weight excluding hydrogens is 487 g/mol. The van der Waals surface area contributed by atoms with Crippen molar-refractivity contribution in [1.82, 2.24) is 14.8 Å². The molecule has 2 aromatic rings. The van der Waals surface area contributed by atoms with Crippen molar-refractivity contribution < 1.29 is 14.3 Å². The Bertz CT molecular complexity index is 1170. The summed E-state index contributed by atoms with van der Waals surface area (Å²) in [5.41, 5.74) is 1.47. The largest absolute Gasteiger partial charge is 0.474 e. The van der Waals surface area contributed by atoms with E-state index in [-0.39, 0.29) is 41.6 Å². The first-order chi connectivity index (χ1) is 16.8. The van der Waals surface area contributed by atoms with Crippen LogP contribution < -0.4 is 4.74 Å². The van der Waals surface area contributed by atoms with Crippen molar-refractivity contribution in [1.29, 1.82) is 5.26 Å². The minimum Gasteiger partial charge on any atom is -0.474 e. The van der Waals surface area contributed by atoms with Crippen LogP contribution in [0.5, 0.6) is 5.88 Å². The predicted molar refractivity (Wildman–Crippen MR) is 131 cm³/mol. The van der Waals surface area contributed by atoms with Crippen LogP contribution in [0.2, 0.25) is 10.0 Å². The molecule has 1 aliphatic carbocycles. The number of carbonyl (C=O) groups excluding carboxylic acids is 2. The van der Waals surface area contributed by atoms with Crippen molar-refractivity contribution in [3.63, 3.8) is 0 Å². The molecule has 2 amide bonds. The number of carbonyl (C=O) groups is 2. The maximum atomic E-state index is 13.3. The van der Waals surface area contributed by atoms with Crippen molar-refractivity contribution in [3.8, 4) is 11.9 Å². The fraction of sp³-hybridized carbons (Fsp3) is 0.462. The summed E-state index contributed by atoms with van der Waals surface area (Å²) in [4.78, 5) is 33.5. The molecule has 1 aromatic heterocycles. The van der Waals surface area contributed by atoms with Crippen LogP contribution >= 0.6 is 23.2 Å². The van der Waals surface area contributed by atoms with Crippen LogP contribution in [0, 0.1) is 29.1 Å². The number of nitriles is 1. The van der Waals surface area contributed by atoms with Gasteiger partial charge in [-0.15, -0.1) is 0 Å². The topological polar surface area (TPSA) is 86.5 Å². The molecule has 3 unspecified atom stereocenters. The molecule has 0 spiro atoms. The quantitative estimate of drug-likeness (QED) is 0.580. The number of rotatable bonds is 6. The Morgan fingerprint density at radius 1 is 1.03 bits per heavy atom. The molecule has 0 N–H and O–H groups in total. The van der Waals surface area contributed by atoms with E-state index in [9.17, 15) is 9.59 Å². The summed E-state index contributed by atoms with van der Waals surface area (Å²) in [6, 6.07) is 11.0. The SMILES string of the molecule is CC(Oc1ccc(C#N)cn1)C1CN(C(=O)C2CN(C(=O)C3CC3)C2)CC1c1ccc(Cl)c(Cl)c1. The van der Waals surface area contributed by atoms with Gasteiger partial charge in [-0.3, -0.25) is 9.59 Å². The van der Waals surface area contributed by atoms with E-state index in [0.29, 0.717) is 47.7 Å². The standard InChI is InChI=1S/C26H26Cl2N4O3/c1-15(35-24-7-2-16(9-29)10-30-24)20-13-32(14-21(20)18-5-6-22(27)23(28)8-18)26(34)19-11-31(12-19)25(33)17-3-4-17/h2,5-8,10,15,17,19-21H,3-4,11-14H2,1H3. The van der Waals surface area contributed by atoms with Crippen LogP contribution in [0.15, 0.2) is 36.5 Å². The van der Waals surface area contributed by atoms with Crippen LogP contribution in [0.1, 0.15) is 36.8 Å². The van der Waals surface area contributed by atoms with Crippen LogP contribution in [0.25, 0.3) is 0 Å². The van der Waals surface area contributed by atoms with Gasteiger partial charge in [-0.25, -0.2) is 4.98 Å². The van der Waals surface area contributed by atoms with Gasteiger partial charge in [0.2, 0.25) is 17.7 Å². The van der Waals surface area contributed by atoms with E-state index in [1.807, 2.05) is 28.9 Å². The Hall–Kier alpha value is -2.82. The monoisotopic (exact) mass is 512 g/mol. The van der Waals surface area contributed by atoms with Gasteiger partial charge in [0.25, 0.3) is 0 Å². The number of amides is 2. The number of likely N-dealkylation sites (tertiary alicyclic amines) is 2. The van der Waals surface area contributed by atoms with Crippen LogP contribution in [0.3, 0.4) is 0 Å². The first-order valence-corrected chi connectivity index (χ1v) is 12.6. The second kappa shape index (κ2) is 9.67. The second-order valence-corrected chi connectivity index (χ2v) is 10.5. The summed E-state index contributed by atoms with van der Waals surface area (Å²) in [6.45, 7) is 4.07. The van der Waals surface area contributed by atoms with Gasteiger partial charge in [0.1, 0.15) is 12.2 Å². The molecule has 7 nitrogen and oxygen atoms in total. The molecule has 9 heteroatoms. The van der Waals surface area contributed by atoms with Gasteiger partial charge in [-0.05, 0) is 43.5 Å². The molecule has 2 aliphatic heterocycles. The highest BCUT2D eigenvalue weighted by atomic mass is 35.5. The minimum absolute atomic E-state index is 0.00193. The number of nitrogens with zero attached hydrogens (tertiary/aromatic N) is 4. The smallest absolute Gasteiger partial charge is 0.229 e. The Balaban J connectivity index is 1.31. The first-order valence-electron chi connectivity index (χ1n) is 11.9. The van der Waals surface area contributed by atoms with E-state index >= 15 is 0 Å². The van der Waals surface area contributed by atoms with Crippen LogP contribution in [-0.4, -0.2) is 58.9 Å². The highest BCUT2D eigenvalue weighted by Gasteiger charge is 2.46. The number of aromatic nitrogens is 1. The Kier molecular flexibility index (Phi) is 6.61. The number of benzene rings is 1. The lowest BCUT2D eigenvalue weighted by molar-refractivity contribution is -0.148. The summed E-state index contributed by atoms with van der Waals surface area (Å²) in [5, 5.41) is 9.96. The first kappa shape index (κ1) is 23.9. The lowest BCUT2D eigenvalue weighted by atomic mass is 9.86. The molecular formula is C26H26Cl2N4O3. The molecule has 3 heterocycles. The summed E-state index contributed by atoms with van der Waals surface area (Å²) in [7, 11) is 0. The summed E-state index contributed by atoms with van der Waals surface area (Å²) in [6.07, 6.45) is 3.17. The molecule has 182 valence electrons. The molecule has 3 fully saturated rings. The van der Waals surface area contributed by atoms with Crippen molar-refractivity contribution in [3.05, 3.63) is 57.7 Å². The van der Waals surface area contributed by atoms with Crippen molar-refractivity contribution in [2.24, 2.45) is 17.8 Å². The van der Waals surface area contributed by atoms with Crippen LogP contribution in [-0.2, 0) is 9.59 Å². The maximum Gasteiger partial charge on any atom is 0.229 e. The number of hydrogen-bond donors (Lipinski definition) is 0. The fourth-order valence-corrected chi connectivity index (χ4v) is 5.34. The molecule has 1 saturated carbocycles. The molecule has 0 bridgehead atoms. The number of pyridine rings is 1. The highest BCUT2D eigenvalue weighted by molar-refractivity contribution is 6.42. The van der Waals surface area contributed by atoms with Gasteiger partial charge in [-0.1, -0.05) is 29.3 Å². The van der Waals surface area contributed by atoms with Gasteiger partial charge in [0, 0.05) is 56.2 Å². The molecule has 3 atom stereocenters. The molecule has 2 saturated heterocycles. The number of halogens is 2. The average Bonchev–Trinajstić information content (AvgIpc) is 3.58. The summed E-state index contributed by atoms with van der Waals surface area (Å²) >= 11 is 12.5. The zero-order valence-electron chi connectivity index (χ0n) is 19.4. The number of hydrogen-bond acceptors (Lipinski definition) is 5. The molecule has 5 rings (SSSR count). The third-order valence-corrected chi connectivity index (χ3v) is 8.03. The predicted octanol–water partition coefficient (Wildman–Crippen LogP) is 4.14. The lowest BCUT2D eigenvalue weighted by Crippen LogP contribution is -2.56. The molecule has 35 heavy (non-hydrogen) atoms. The molecule has 0 radical (unpaired) electrons. The van der Waals surface area contributed by atoms with Gasteiger partial charge in [0.05, 0.1) is 21.5 Å². The van der Waals surface area contributed by atoms with E-state index in [1.54, 1.807) is 18.2 Å². The van der Waals surface area contributed by atoms with Gasteiger partial charge < -0.3 is 14.5 Å². The van der Waals surface area contributed by atoms with Crippen molar-refractivity contribution in [2.45, 2.75) is 31.8 Å². The van der Waals surface area contributed by atoms with Crippen molar-refractivity contribution in [2.75, 3.05) is 26.2 Å². The third kappa shape index (κ3) is 4.96. The highest BCUT2D eigenvalue weighted by Crippen LogP contribution is 2.40. The Morgan fingerprint density at radius 2 is 1.74 bits per heavy atom. The van der Waals surface area contributed by atoms with Gasteiger partial charge >= 0.3 is 0 Å². The lowest BCUT2D eigenvalue weighted by Gasteiger charge is -2.40. The second-order valence-electron chi connectivity index (χ2n) is 9.72. The van der Waals surface area contributed by atoms with E-state index in [2.05, 4.69) is 11.1 Å². The third-order valence-electron chi connectivity index (χ3n) is 7.29. The zero-order valence-corrected chi connectivity index (χ0v) is 20.9. The average molecular weight is 513 g/mol. The van der Waals surface area contributed by atoms with E-state index < -0.39 is 0 Å². The molecule has 1 aromatic carbocycles. The van der Waals surface area contributed by atoms with Gasteiger partial charge in [0.15, 0.2) is 0 Å². The zero-order chi connectivity index (χ0) is 24.7. The minimum atomic E-state index is -0.248. The van der Waals surface area contributed by atoms with E-state index in [1.165, 1.54) is 6.20 Å². The van der Waals surface area contributed by atoms with Crippen LogP contribution in [0.4, 0.5) is 0 Å². The summed E-state index contributed by atoms with van der Waals surface area (Å²) < 4.78 is 6.14. The summed E-state index contributed by atoms with van der Waals surface area (Å²) in [5.74, 6) is 0.740.